The van der Waals surface area contributed by atoms with E-state index in [-0.39, 0.29) is 23.3 Å². The van der Waals surface area contributed by atoms with Gasteiger partial charge in [0, 0.05) is 51.4 Å². The van der Waals surface area contributed by atoms with E-state index in [2.05, 4.69) is 20.5 Å². The number of anilines is 1. The molecule has 1 aromatic heterocycles. The molecule has 9 nitrogen and oxygen atoms in total. The van der Waals surface area contributed by atoms with Gasteiger partial charge in [0.2, 0.25) is 15.9 Å². The number of carbonyl (C=O) groups excluding carboxylic acids is 2. The van der Waals surface area contributed by atoms with Gasteiger partial charge in [0.15, 0.2) is 0 Å². The Balaban J connectivity index is 1.61. The molecule has 0 aliphatic carbocycles. The van der Waals surface area contributed by atoms with Gasteiger partial charge in [-0.15, -0.1) is 0 Å². The van der Waals surface area contributed by atoms with Gasteiger partial charge in [-0.05, 0) is 36.9 Å². The number of rotatable bonds is 6. The quantitative estimate of drug-likeness (QED) is 0.703. The third-order valence-corrected chi connectivity index (χ3v) is 6.72. The Kier molecular flexibility index (Phi) is 6.80. The van der Waals surface area contributed by atoms with Crippen molar-refractivity contribution in [3.8, 4) is 0 Å². The van der Waals surface area contributed by atoms with E-state index in [0.29, 0.717) is 37.6 Å². The molecule has 2 N–H and O–H groups in total. The highest BCUT2D eigenvalue weighted by Gasteiger charge is 2.27. The van der Waals surface area contributed by atoms with E-state index >= 15 is 0 Å². The Morgan fingerprint density at radius 2 is 1.73 bits per heavy atom. The molecule has 10 heteroatoms. The molecule has 2 aromatic rings. The van der Waals surface area contributed by atoms with Gasteiger partial charge in [-0.25, -0.2) is 13.4 Å². The standard InChI is InChI=1S/C20H25N5O4S/c1-15(26)23-19-13-17(7-8-21-19)20(27)22-14-16-3-5-18(6-4-16)30(28,29)25-11-9-24(2)10-12-25/h3-8,13H,9-12,14H2,1-2H3,(H,22,27)(H,21,23,26). The predicted octanol–water partition coefficient (Wildman–Crippen LogP) is 0.906. The molecule has 1 aromatic carbocycles. The van der Waals surface area contributed by atoms with Crippen LogP contribution in [0.5, 0.6) is 0 Å². The van der Waals surface area contributed by atoms with E-state index in [1.54, 1.807) is 30.3 Å². The number of hydrogen-bond acceptors (Lipinski definition) is 6. The van der Waals surface area contributed by atoms with Gasteiger partial charge >= 0.3 is 0 Å². The number of carbonyl (C=O) groups is 2. The maximum atomic E-state index is 12.8. The van der Waals surface area contributed by atoms with Crippen LogP contribution in [0.15, 0.2) is 47.5 Å². The van der Waals surface area contributed by atoms with Crippen molar-refractivity contribution < 1.29 is 18.0 Å². The second-order valence-corrected chi connectivity index (χ2v) is 9.08. The van der Waals surface area contributed by atoms with E-state index in [0.717, 1.165) is 5.56 Å². The Bertz CT molecular complexity index is 1020. The molecule has 0 atom stereocenters. The number of pyridine rings is 1. The number of amides is 2. The monoisotopic (exact) mass is 431 g/mol. The van der Waals surface area contributed by atoms with Crippen molar-refractivity contribution in [3.63, 3.8) is 0 Å². The average Bonchev–Trinajstić information content (AvgIpc) is 2.72. The smallest absolute Gasteiger partial charge is 0.251 e. The predicted molar refractivity (Wildman–Crippen MR) is 112 cm³/mol. The minimum Gasteiger partial charge on any atom is -0.348 e. The molecule has 2 heterocycles. The summed E-state index contributed by atoms with van der Waals surface area (Å²) in [6.07, 6.45) is 1.44. The van der Waals surface area contributed by atoms with E-state index in [4.69, 9.17) is 0 Å². The number of hydrogen-bond donors (Lipinski definition) is 2. The molecule has 0 spiro atoms. The van der Waals surface area contributed by atoms with Crippen molar-refractivity contribution in [2.24, 2.45) is 0 Å². The summed E-state index contributed by atoms with van der Waals surface area (Å²) in [4.78, 5) is 29.8. The first-order valence-electron chi connectivity index (χ1n) is 9.55. The molecule has 0 bridgehead atoms. The molecular weight excluding hydrogens is 406 g/mol. The Morgan fingerprint density at radius 3 is 2.37 bits per heavy atom. The zero-order chi connectivity index (χ0) is 21.7. The lowest BCUT2D eigenvalue weighted by molar-refractivity contribution is -0.114. The van der Waals surface area contributed by atoms with E-state index in [9.17, 15) is 18.0 Å². The summed E-state index contributed by atoms with van der Waals surface area (Å²) >= 11 is 0. The number of benzene rings is 1. The Hall–Kier alpha value is -2.82. The van der Waals surface area contributed by atoms with Crippen molar-refractivity contribution >= 4 is 27.7 Å². The molecule has 30 heavy (non-hydrogen) atoms. The highest BCUT2D eigenvalue weighted by molar-refractivity contribution is 7.89. The normalized spacial score (nSPS) is 15.5. The third kappa shape index (κ3) is 5.41. The number of nitrogens with one attached hydrogen (secondary N) is 2. The minimum absolute atomic E-state index is 0.242. The minimum atomic E-state index is -3.51. The third-order valence-electron chi connectivity index (χ3n) is 4.80. The fraction of sp³-hybridized carbons (Fsp3) is 0.350. The zero-order valence-electron chi connectivity index (χ0n) is 17.0. The highest BCUT2D eigenvalue weighted by Crippen LogP contribution is 2.18. The number of piperazine rings is 1. The first kappa shape index (κ1) is 21.9. The van der Waals surface area contributed by atoms with Gasteiger partial charge < -0.3 is 15.5 Å². The number of nitrogens with zero attached hydrogens (tertiary/aromatic N) is 3. The molecule has 1 saturated heterocycles. The van der Waals surface area contributed by atoms with Crippen molar-refractivity contribution in [2.75, 3.05) is 38.5 Å². The van der Waals surface area contributed by atoms with Crippen LogP contribution in [0.25, 0.3) is 0 Å². The first-order chi connectivity index (χ1) is 14.3. The first-order valence-corrected chi connectivity index (χ1v) is 11.0. The molecule has 0 saturated carbocycles. The number of likely N-dealkylation sites (N-methyl/N-ethyl adjacent to an activating group) is 1. The van der Waals surface area contributed by atoms with Crippen molar-refractivity contribution in [3.05, 3.63) is 53.7 Å². The van der Waals surface area contributed by atoms with Gasteiger partial charge in [-0.2, -0.15) is 4.31 Å². The molecule has 1 fully saturated rings. The summed E-state index contributed by atoms with van der Waals surface area (Å²) in [5, 5.41) is 5.31. The van der Waals surface area contributed by atoms with Crippen LogP contribution in [0.4, 0.5) is 5.82 Å². The second kappa shape index (κ2) is 9.33. The van der Waals surface area contributed by atoms with E-state index in [1.807, 2.05) is 7.05 Å². The molecule has 3 rings (SSSR count). The largest absolute Gasteiger partial charge is 0.348 e. The summed E-state index contributed by atoms with van der Waals surface area (Å²) in [5.74, 6) is -0.293. The molecule has 2 amide bonds. The van der Waals surface area contributed by atoms with Crippen LogP contribution in [-0.2, 0) is 21.4 Å². The lowest BCUT2D eigenvalue weighted by Crippen LogP contribution is -2.47. The summed E-state index contributed by atoms with van der Waals surface area (Å²) in [5.41, 5.74) is 1.14. The van der Waals surface area contributed by atoms with Crippen molar-refractivity contribution in [1.82, 2.24) is 19.5 Å². The molecule has 160 valence electrons. The van der Waals surface area contributed by atoms with Gasteiger partial charge in [0.1, 0.15) is 5.82 Å². The summed E-state index contributed by atoms with van der Waals surface area (Å²) in [7, 11) is -1.54. The summed E-state index contributed by atoms with van der Waals surface area (Å²) in [6, 6.07) is 9.55. The van der Waals surface area contributed by atoms with E-state index < -0.39 is 10.0 Å². The van der Waals surface area contributed by atoms with Gasteiger partial charge in [-0.1, -0.05) is 12.1 Å². The van der Waals surface area contributed by atoms with Crippen LogP contribution in [0.3, 0.4) is 0 Å². The van der Waals surface area contributed by atoms with E-state index in [1.165, 1.54) is 23.5 Å². The zero-order valence-corrected chi connectivity index (χ0v) is 17.8. The fourth-order valence-corrected chi connectivity index (χ4v) is 4.48. The SMILES string of the molecule is CC(=O)Nc1cc(C(=O)NCc2ccc(S(=O)(=O)N3CCN(C)CC3)cc2)ccn1. The molecule has 1 aliphatic heterocycles. The molecule has 0 unspecified atom stereocenters. The van der Waals surface area contributed by atoms with Crippen LogP contribution in [-0.4, -0.2) is 67.6 Å². The molecule has 1 aliphatic rings. The van der Waals surface area contributed by atoms with Crippen LogP contribution < -0.4 is 10.6 Å². The topological polar surface area (TPSA) is 112 Å². The number of aromatic nitrogens is 1. The Labute approximate surface area is 176 Å². The average molecular weight is 432 g/mol. The lowest BCUT2D eigenvalue weighted by Gasteiger charge is -2.31. The fourth-order valence-electron chi connectivity index (χ4n) is 3.06. The van der Waals surface area contributed by atoms with Crippen molar-refractivity contribution in [2.45, 2.75) is 18.4 Å². The summed E-state index contributed by atoms with van der Waals surface area (Å²) in [6.45, 7) is 3.98. The Morgan fingerprint density at radius 1 is 1.07 bits per heavy atom. The van der Waals surface area contributed by atoms with Crippen LogP contribution >= 0.6 is 0 Å². The molecular formula is C20H25N5O4S. The van der Waals surface area contributed by atoms with Gasteiger partial charge in [0.25, 0.3) is 5.91 Å². The maximum absolute atomic E-state index is 12.8. The lowest BCUT2D eigenvalue weighted by atomic mass is 10.2. The summed E-state index contributed by atoms with van der Waals surface area (Å²) < 4.78 is 27.0. The van der Waals surface area contributed by atoms with Gasteiger partial charge in [-0.3, -0.25) is 9.59 Å². The number of sulfonamides is 1. The van der Waals surface area contributed by atoms with Crippen LogP contribution in [0, 0.1) is 0 Å². The maximum Gasteiger partial charge on any atom is 0.251 e. The molecule has 0 radical (unpaired) electrons. The highest BCUT2D eigenvalue weighted by atomic mass is 32.2. The van der Waals surface area contributed by atoms with Gasteiger partial charge in [0.05, 0.1) is 4.90 Å². The van der Waals surface area contributed by atoms with Crippen LogP contribution in [0.2, 0.25) is 0 Å². The van der Waals surface area contributed by atoms with Crippen LogP contribution in [0.1, 0.15) is 22.8 Å². The van der Waals surface area contributed by atoms with Crippen molar-refractivity contribution in [1.29, 1.82) is 0 Å². The second-order valence-electron chi connectivity index (χ2n) is 7.14.